The predicted molar refractivity (Wildman–Crippen MR) is 107 cm³/mol. The fourth-order valence-electron chi connectivity index (χ4n) is 3.16. The molecule has 2 aromatic carbocycles. The fourth-order valence-corrected chi connectivity index (χ4v) is 3.16. The summed E-state index contributed by atoms with van der Waals surface area (Å²) in [4.78, 5) is 24.4. The number of furan rings is 1. The van der Waals surface area contributed by atoms with Gasteiger partial charge in [-0.1, -0.05) is 12.1 Å². The Labute approximate surface area is 172 Å². The zero-order valence-corrected chi connectivity index (χ0v) is 16.6. The summed E-state index contributed by atoms with van der Waals surface area (Å²) in [6.45, 7) is 1.87. The first-order chi connectivity index (χ1) is 14.5. The number of amides is 1. The quantitative estimate of drug-likeness (QED) is 0.623. The number of hydrogen-bond acceptors (Lipinski definition) is 7. The molecule has 0 saturated heterocycles. The second-order valence-electron chi connectivity index (χ2n) is 6.80. The van der Waals surface area contributed by atoms with Gasteiger partial charge in [-0.05, 0) is 37.3 Å². The van der Waals surface area contributed by atoms with Crippen molar-refractivity contribution in [2.75, 3.05) is 26.9 Å². The highest BCUT2D eigenvalue weighted by Crippen LogP contribution is 2.31. The maximum absolute atomic E-state index is 12.4. The van der Waals surface area contributed by atoms with Crippen LogP contribution in [0.15, 0.2) is 46.9 Å². The van der Waals surface area contributed by atoms with Crippen molar-refractivity contribution in [2.24, 2.45) is 0 Å². The predicted octanol–water partition coefficient (Wildman–Crippen LogP) is 2.86. The van der Waals surface area contributed by atoms with Gasteiger partial charge >= 0.3 is 5.97 Å². The van der Waals surface area contributed by atoms with Gasteiger partial charge in [0, 0.05) is 10.9 Å². The Kier molecular flexibility index (Phi) is 5.47. The molecule has 1 aliphatic rings. The fraction of sp³-hybridized carbons (Fsp3) is 0.273. The van der Waals surface area contributed by atoms with Crippen LogP contribution in [-0.2, 0) is 9.53 Å². The van der Waals surface area contributed by atoms with Crippen molar-refractivity contribution in [3.63, 3.8) is 0 Å². The zero-order chi connectivity index (χ0) is 21.1. The standard InChI is InChI=1S/C22H21NO7/c1-13-16-9-14(26-2)7-8-17(16)30-21(13)22(25)28-12-20(24)23-10-15-11-27-18-5-3-4-6-19(18)29-15/h3-9,15H,10-12H2,1-2H3,(H,23,24)/t15-/m1/s1. The van der Waals surface area contributed by atoms with E-state index >= 15 is 0 Å². The van der Waals surface area contributed by atoms with Gasteiger partial charge in [0.15, 0.2) is 18.1 Å². The summed E-state index contributed by atoms with van der Waals surface area (Å²) in [6, 6.07) is 12.6. The molecule has 156 valence electrons. The number of esters is 1. The maximum atomic E-state index is 12.4. The van der Waals surface area contributed by atoms with Crippen LogP contribution in [-0.4, -0.2) is 44.8 Å². The maximum Gasteiger partial charge on any atom is 0.375 e. The van der Waals surface area contributed by atoms with E-state index in [1.807, 2.05) is 18.2 Å². The minimum absolute atomic E-state index is 0.0617. The molecule has 0 radical (unpaired) electrons. The van der Waals surface area contributed by atoms with Crippen molar-refractivity contribution in [2.45, 2.75) is 13.0 Å². The summed E-state index contributed by atoms with van der Waals surface area (Å²) >= 11 is 0. The van der Waals surface area contributed by atoms with E-state index in [-0.39, 0.29) is 18.4 Å². The number of aryl methyl sites for hydroxylation is 1. The molecule has 8 nitrogen and oxygen atoms in total. The van der Waals surface area contributed by atoms with Gasteiger partial charge in [-0.15, -0.1) is 0 Å². The van der Waals surface area contributed by atoms with Crippen molar-refractivity contribution in [1.82, 2.24) is 5.32 Å². The van der Waals surface area contributed by atoms with Gasteiger partial charge in [-0.2, -0.15) is 0 Å². The molecule has 1 atom stereocenters. The lowest BCUT2D eigenvalue weighted by Crippen LogP contribution is -2.42. The first-order valence-corrected chi connectivity index (χ1v) is 9.44. The average Bonchev–Trinajstić information content (AvgIpc) is 3.11. The third-order valence-corrected chi connectivity index (χ3v) is 4.76. The first-order valence-electron chi connectivity index (χ1n) is 9.44. The first kappa shape index (κ1) is 19.6. The van der Waals surface area contributed by atoms with E-state index in [1.165, 1.54) is 0 Å². The molecule has 2 heterocycles. The van der Waals surface area contributed by atoms with Gasteiger partial charge in [0.2, 0.25) is 5.76 Å². The zero-order valence-electron chi connectivity index (χ0n) is 16.6. The summed E-state index contributed by atoms with van der Waals surface area (Å²) in [5, 5.41) is 3.43. The molecular weight excluding hydrogens is 390 g/mol. The molecule has 0 aliphatic carbocycles. The number of methoxy groups -OCH3 is 1. The minimum atomic E-state index is -0.705. The van der Waals surface area contributed by atoms with Gasteiger partial charge in [-0.3, -0.25) is 4.79 Å². The molecule has 1 aliphatic heterocycles. The van der Waals surface area contributed by atoms with E-state index in [9.17, 15) is 9.59 Å². The number of ether oxygens (including phenoxy) is 4. The van der Waals surface area contributed by atoms with E-state index in [2.05, 4.69) is 5.32 Å². The van der Waals surface area contributed by atoms with Crippen molar-refractivity contribution in [3.05, 3.63) is 53.8 Å². The van der Waals surface area contributed by atoms with E-state index in [4.69, 9.17) is 23.4 Å². The molecule has 0 fully saturated rings. The third kappa shape index (κ3) is 4.03. The van der Waals surface area contributed by atoms with Gasteiger partial charge in [0.1, 0.15) is 24.0 Å². The molecule has 30 heavy (non-hydrogen) atoms. The van der Waals surface area contributed by atoms with Crippen LogP contribution in [0.1, 0.15) is 16.1 Å². The Morgan fingerprint density at radius 1 is 1.17 bits per heavy atom. The molecule has 0 saturated carbocycles. The number of carbonyl (C=O) groups excluding carboxylic acids is 2. The van der Waals surface area contributed by atoms with Crippen LogP contribution in [0.4, 0.5) is 0 Å². The highest BCUT2D eigenvalue weighted by Gasteiger charge is 2.23. The Hall–Kier alpha value is -3.68. The number of benzene rings is 2. The highest BCUT2D eigenvalue weighted by atomic mass is 16.6. The van der Waals surface area contributed by atoms with E-state index < -0.39 is 18.5 Å². The lowest BCUT2D eigenvalue weighted by molar-refractivity contribution is -0.124. The van der Waals surface area contributed by atoms with Gasteiger partial charge < -0.3 is 28.7 Å². The topological polar surface area (TPSA) is 96.2 Å². The van der Waals surface area contributed by atoms with Crippen LogP contribution in [0.2, 0.25) is 0 Å². The number of rotatable bonds is 6. The highest BCUT2D eigenvalue weighted by molar-refractivity contribution is 5.97. The normalized spacial score (nSPS) is 14.9. The summed E-state index contributed by atoms with van der Waals surface area (Å²) in [5.74, 6) is 0.874. The molecule has 0 spiro atoms. The van der Waals surface area contributed by atoms with Gasteiger partial charge in [0.25, 0.3) is 5.91 Å². The van der Waals surface area contributed by atoms with Gasteiger partial charge in [0.05, 0.1) is 13.7 Å². The molecule has 0 bridgehead atoms. The van der Waals surface area contributed by atoms with Crippen LogP contribution in [0.25, 0.3) is 11.0 Å². The van der Waals surface area contributed by atoms with Crippen LogP contribution in [0.3, 0.4) is 0 Å². The van der Waals surface area contributed by atoms with Crippen molar-refractivity contribution < 1.29 is 33.0 Å². The summed E-state index contributed by atoms with van der Waals surface area (Å²) in [5.41, 5.74) is 1.17. The molecule has 1 aromatic heterocycles. The largest absolute Gasteiger partial charge is 0.497 e. The third-order valence-electron chi connectivity index (χ3n) is 4.76. The smallest absolute Gasteiger partial charge is 0.375 e. The molecule has 1 N–H and O–H groups in total. The molecule has 4 rings (SSSR count). The average molecular weight is 411 g/mol. The SMILES string of the molecule is COc1ccc2oc(C(=O)OCC(=O)NC[C@@H]3COc4ccccc4O3)c(C)c2c1. The van der Waals surface area contributed by atoms with Crippen molar-refractivity contribution >= 4 is 22.8 Å². The van der Waals surface area contributed by atoms with E-state index in [1.54, 1.807) is 38.3 Å². The van der Waals surface area contributed by atoms with Crippen LogP contribution in [0, 0.1) is 6.92 Å². The minimum Gasteiger partial charge on any atom is -0.497 e. The number of nitrogens with one attached hydrogen (secondary N) is 1. The Morgan fingerprint density at radius 3 is 2.77 bits per heavy atom. The monoisotopic (exact) mass is 411 g/mol. The molecular formula is C22H21NO7. The summed E-state index contributed by atoms with van der Waals surface area (Å²) in [6.07, 6.45) is -0.327. The van der Waals surface area contributed by atoms with Crippen LogP contribution < -0.4 is 19.5 Å². The number of fused-ring (bicyclic) bond motifs is 2. The molecule has 3 aromatic rings. The van der Waals surface area contributed by atoms with Crippen molar-refractivity contribution in [1.29, 1.82) is 0 Å². The lowest BCUT2D eigenvalue weighted by Gasteiger charge is -2.26. The number of hydrogen-bond donors (Lipinski definition) is 1. The van der Waals surface area contributed by atoms with E-state index in [0.29, 0.717) is 35.0 Å². The van der Waals surface area contributed by atoms with Crippen molar-refractivity contribution in [3.8, 4) is 17.2 Å². The summed E-state index contributed by atoms with van der Waals surface area (Å²) in [7, 11) is 1.56. The van der Waals surface area contributed by atoms with Crippen LogP contribution in [0.5, 0.6) is 17.2 Å². The molecule has 1 amide bonds. The lowest BCUT2D eigenvalue weighted by atomic mass is 10.1. The number of para-hydroxylation sites is 2. The van der Waals surface area contributed by atoms with Gasteiger partial charge in [-0.25, -0.2) is 4.79 Å². The second kappa shape index (κ2) is 8.36. The Morgan fingerprint density at radius 2 is 1.97 bits per heavy atom. The van der Waals surface area contributed by atoms with E-state index in [0.717, 1.165) is 5.39 Å². The Balaban J connectivity index is 1.29. The van der Waals surface area contributed by atoms with Crippen LogP contribution >= 0.6 is 0 Å². The Bertz CT molecular complexity index is 1090. The molecule has 8 heteroatoms. The molecule has 0 unspecified atom stereocenters. The second-order valence-corrected chi connectivity index (χ2v) is 6.80. The summed E-state index contributed by atoms with van der Waals surface area (Å²) < 4.78 is 27.3. The number of carbonyl (C=O) groups is 2.